The summed E-state index contributed by atoms with van der Waals surface area (Å²) in [6.45, 7) is 2.78. The van der Waals surface area contributed by atoms with Crippen LogP contribution < -0.4 is 11.2 Å². The molecule has 9 heteroatoms. The van der Waals surface area contributed by atoms with Gasteiger partial charge >= 0.3 is 5.69 Å². The fraction of sp³-hybridized carbons (Fsp3) is 0.176. The number of nitrogens with one attached hydrogen (secondary N) is 2. The van der Waals surface area contributed by atoms with Crippen molar-refractivity contribution < 1.29 is 4.39 Å². The Bertz CT molecular complexity index is 1220. The average Bonchev–Trinajstić information content (AvgIpc) is 3.18. The minimum atomic E-state index is -0.600. The van der Waals surface area contributed by atoms with Crippen LogP contribution in [0, 0.1) is 5.82 Å². The lowest BCUT2D eigenvalue weighted by molar-refractivity contribution is 0.619. The zero-order valence-corrected chi connectivity index (χ0v) is 13.9. The van der Waals surface area contributed by atoms with Gasteiger partial charge in [-0.05, 0) is 24.6 Å². The molecule has 0 fully saturated rings. The summed E-state index contributed by atoms with van der Waals surface area (Å²) in [7, 11) is 0. The molecule has 3 aromatic heterocycles. The third-order valence-corrected chi connectivity index (χ3v) is 4.08. The Morgan fingerprint density at radius 3 is 2.85 bits per heavy atom. The van der Waals surface area contributed by atoms with E-state index in [0.29, 0.717) is 30.0 Å². The first-order valence-electron chi connectivity index (χ1n) is 8.05. The molecular weight excluding hydrogens is 339 g/mol. The van der Waals surface area contributed by atoms with E-state index in [-0.39, 0.29) is 11.5 Å². The standard InChI is InChI=1S/C17H15FN6O2/c1-2-24-13-14(21-17(26)22-16(13)25)20-15(24)11-7-19-23(9-11)8-10-4-3-5-12(18)6-10/h3-7,9H,2,8H2,1H3,(H2,21,22,25,26). The molecule has 4 rings (SSSR count). The van der Waals surface area contributed by atoms with E-state index >= 15 is 0 Å². The van der Waals surface area contributed by atoms with Crippen LogP contribution >= 0.6 is 0 Å². The van der Waals surface area contributed by atoms with Crippen LogP contribution in [0.5, 0.6) is 0 Å². The van der Waals surface area contributed by atoms with E-state index in [1.807, 2.05) is 13.0 Å². The van der Waals surface area contributed by atoms with Gasteiger partial charge in [0.15, 0.2) is 11.2 Å². The minimum absolute atomic E-state index is 0.230. The molecule has 2 N–H and O–H groups in total. The second-order valence-corrected chi connectivity index (χ2v) is 5.84. The van der Waals surface area contributed by atoms with Crippen molar-refractivity contribution in [2.45, 2.75) is 20.0 Å². The molecule has 4 aromatic rings. The number of aryl methyl sites for hydroxylation is 1. The highest BCUT2D eigenvalue weighted by molar-refractivity contribution is 5.75. The van der Waals surface area contributed by atoms with Crippen LogP contribution in [0.2, 0.25) is 0 Å². The Balaban J connectivity index is 1.77. The van der Waals surface area contributed by atoms with Crippen molar-refractivity contribution >= 4 is 11.2 Å². The highest BCUT2D eigenvalue weighted by Crippen LogP contribution is 2.21. The fourth-order valence-corrected chi connectivity index (χ4v) is 2.99. The number of aromatic nitrogens is 6. The Morgan fingerprint density at radius 2 is 2.08 bits per heavy atom. The topological polar surface area (TPSA) is 101 Å². The summed E-state index contributed by atoms with van der Waals surface area (Å²) < 4.78 is 16.7. The SMILES string of the molecule is CCn1c(-c2cnn(Cc3cccc(F)c3)c2)nc2[nH]c(=O)[nH]c(=O)c21. The molecule has 3 heterocycles. The maximum absolute atomic E-state index is 13.3. The number of hydrogen-bond acceptors (Lipinski definition) is 4. The second-order valence-electron chi connectivity index (χ2n) is 5.84. The maximum Gasteiger partial charge on any atom is 0.327 e. The van der Waals surface area contributed by atoms with Crippen molar-refractivity contribution in [3.63, 3.8) is 0 Å². The predicted octanol–water partition coefficient (Wildman–Crippen LogP) is 1.48. The van der Waals surface area contributed by atoms with Crippen LogP contribution in [0.15, 0.2) is 46.2 Å². The van der Waals surface area contributed by atoms with Crippen molar-refractivity contribution in [2.75, 3.05) is 0 Å². The minimum Gasteiger partial charge on any atom is -0.318 e. The Kier molecular flexibility index (Phi) is 3.76. The number of hydrogen-bond donors (Lipinski definition) is 2. The lowest BCUT2D eigenvalue weighted by atomic mass is 10.2. The third kappa shape index (κ3) is 2.73. The van der Waals surface area contributed by atoms with Crippen LogP contribution in [0.4, 0.5) is 4.39 Å². The number of rotatable bonds is 4. The summed E-state index contributed by atoms with van der Waals surface area (Å²) in [6, 6.07) is 6.30. The molecule has 0 aliphatic carbocycles. The monoisotopic (exact) mass is 354 g/mol. The van der Waals surface area contributed by atoms with Crippen LogP contribution in [0.25, 0.3) is 22.6 Å². The molecule has 0 saturated carbocycles. The molecule has 0 spiro atoms. The van der Waals surface area contributed by atoms with Gasteiger partial charge in [-0.25, -0.2) is 14.2 Å². The van der Waals surface area contributed by atoms with Gasteiger partial charge in [-0.3, -0.25) is 19.4 Å². The summed E-state index contributed by atoms with van der Waals surface area (Å²) in [4.78, 5) is 32.7. The summed E-state index contributed by atoms with van der Waals surface area (Å²) in [5.41, 5.74) is 0.922. The van der Waals surface area contributed by atoms with Gasteiger partial charge in [0.2, 0.25) is 0 Å². The number of benzene rings is 1. The summed E-state index contributed by atoms with van der Waals surface area (Å²) >= 11 is 0. The molecule has 1 aromatic carbocycles. The molecule has 0 atom stereocenters. The molecular formula is C17H15FN6O2. The molecule has 0 amide bonds. The normalized spacial score (nSPS) is 11.3. The molecule has 8 nitrogen and oxygen atoms in total. The number of imidazole rings is 1. The fourth-order valence-electron chi connectivity index (χ4n) is 2.99. The second kappa shape index (κ2) is 6.10. The maximum atomic E-state index is 13.3. The van der Waals surface area contributed by atoms with E-state index in [2.05, 4.69) is 20.1 Å². The molecule has 26 heavy (non-hydrogen) atoms. The van der Waals surface area contributed by atoms with Crippen molar-refractivity contribution in [1.82, 2.24) is 29.3 Å². The Hall–Kier alpha value is -3.49. The van der Waals surface area contributed by atoms with Gasteiger partial charge < -0.3 is 4.57 Å². The van der Waals surface area contributed by atoms with Gasteiger partial charge in [0, 0.05) is 12.7 Å². The van der Waals surface area contributed by atoms with Crippen molar-refractivity contribution in [3.05, 3.63) is 68.9 Å². The summed E-state index contributed by atoms with van der Waals surface area (Å²) in [5, 5.41) is 4.29. The van der Waals surface area contributed by atoms with E-state index in [0.717, 1.165) is 5.56 Å². The highest BCUT2D eigenvalue weighted by atomic mass is 19.1. The van der Waals surface area contributed by atoms with E-state index in [1.165, 1.54) is 12.1 Å². The Labute approximate surface area is 145 Å². The molecule has 0 aliphatic heterocycles. The quantitative estimate of drug-likeness (QED) is 0.580. The first kappa shape index (κ1) is 16.0. The molecule has 0 saturated heterocycles. The zero-order valence-electron chi connectivity index (χ0n) is 13.9. The smallest absolute Gasteiger partial charge is 0.318 e. The van der Waals surface area contributed by atoms with Gasteiger partial charge in [0.25, 0.3) is 5.56 Å². The summed E-state index contributed by atoms with van der Waals surface area (Å²) in [5.74, 6) is 0.228. The van der Waals surface area contributed by atoms with Crippen LogP contribution in [0.1, 0.15) is 12.5 Å². The van der Waals surface area contributed by atoms with Crippen molar-refractivity contribution in [2.24, 2.45) is 0 Å². The third-order valence-electron chi connectivity index (χ3n) is 4.08. The average molecular weight is 354 g/mol. The zero-order chi connectivity index (χ0) is 18.3. The predicted molar refractivity (Wildman–Crippen MR) is 93.4 cm³/mol. The summed E-state index contributed by atoms with van der Waals surface area (Å²) in [6.07, 6.45) is 3.39. The van der Waals surface area contributed by atoms with E-state index < -0.39 is 11.2 Å². The molecule has 0 aliphatic rings. The van der Waals surface area contributed by atoms with Gasteiger partial charge in [0.1, 0.15) is 11.6 Å². The van der Waals surface area contributed by atoms with Crippen molar-refractivity contribution in [1.29, 1.82) is 0 Å². The Morgan fingerprint density at radius 1 is 1.23 bits per heavy atom. The first-order chi connectivity index (χ1) is 12.5. The molecule has 0 bridgehead atoms. The van der Waals surface area contributed by atoms with Gasteiger partial charge in [-0.1, -0.05) is 12.1 Å². The number of halogens is 1. The number of fused-ring (bicyclic) bond motifs is 1. The van der Waals surface area contributed by atoms with E-state index in [9.17, 15) is 14.0 Å². The lowest BCUT2D eigenvalue weighted by Crippen LogP contribution is -2.23. The van der Waals surface area contributed by atoms with Crippen LogP contribution in [0.3, 0.4) is 0 Å². The van der Waals surface area contributed by atoms with E-state index in [1.54, 1.807) is 27.7 Å². The molecule has 132 valence electrons. The van der Waals surface area contributed by atoms with Crippen LogP contribution in [-0.2, 0) is 13.1 Å². The number of H-pyrrole nitrogens is 2. The number of nitrogens with zero attached hydrogens (tertiary/aromatic N) is 4. The first-order valence-corrected chi connectivity index (χ1v) is 8.05. The van der Waals surface area contributed by atoms with E-state index in [4.69, 9.17) is 0 Å². The molecule has 0 unspecified atom stereocenters. The lowest BCUT2D eigenvalue weighted by Gasteiger charge is -2.03. The van der Waals surface area contributed by atoms with Crippen molar-refractivity contribution in [3.8, 4) is 11.4 Å². The molecule has 0 radical (unpaired) electrons. The van der Waals surface area contributed by atoms with Gasteiger partial charge in [0.05, 0.1) is 18.3 Å². The number of aromatic amines is 2. The van der Waals surface area contributed by atoms with Crippen LogP contribution in [-0.4, -0.2) is 29.3 Å². The highest BCUT2D eigenvalue weighted by Gasteiger charge is 2.16. The largest absolute Gasteiger partial charge is 0.327 e. The van der Waals surface area contributed by atoms with Gasteiger partial charge in [-0.15, -0.1) is 0 Å². The van der Waals surface area contributed by atoms with Gasteiger partial charge in [-0.2, -0.15) is 5.10 Å².